The third-order valence-corrected chi connectivity index (χ3v) is 4.72. The lowest BCUT2D eigenvalue weighted by Gasteiger charge is -2.46. The molecule has 1 aliphatic rings. The molecule has 1 fully saturated rings. The number of benzene rings is 1. The largest absolute Gasteiger partial charge is 0.371 e. The van der Waals surface area contributed by atoms with Gasteiger partial charge in [0, 0.05) is 30.9 Å². The summed E-state index contributed by atoms with van der Waals surface area (Å²) >= 11 is 0. The fraction of sp³-hybridized carbons (Fsp3) is 0.625. The van der Waals surface area contributed by atoms with Crippen molar-refractivity contribution in [3.63, 3.8) is 0 Å². The van der Waals surface area contributed by atoms with Gasteiger partial charge < -0.3 is 15.5 Å². The minimum atomic E-state index is 0.190. The molecule has 0 saturated carbocycles. The highest BCUT2D eigenvalue weighted by Gasteiger charge is 2.35. The Morgan fingerprint density at radius 1 is 1.21 bits per heavy atom. The molecule has 0 atom stereocenters. The molecule has 0 spiro atoms. The molecule has 3 heteroatoms. The fourth-order valence-corrected chi connectivity index (χ4v) is 3.16. The minimum absolute atomic E-state index is 0.190. The number of rotatable bonds is 3. The van der Waals surface area contributed by atoms with Gasteiger partial charge >= 0.3 is 0 Å². The monoisotopic (exact) mass is 261 g/mol. The summed E-state index contributed by atoms with van der Waals surface area (Å²) in [6.45, 7) is 7.30. The van der Waals surface area contributed by atoms with Crippen LogP contribution in [-0.4, -0.2) is 44.2 Å². The Morgan fingerprint density at radius 2 is 1.84 bits per heavy atom. The summed E-state index contributed by atoms with van der Waals surface area (Å²) in [6, 6.07) is 6.74. The van der Waals surface area contributed by atoms with Crippen molar-refractivity contribution in [1.29, 1.82) is 0 Å². The van der Waals surface area contributed by atoms with Gasteiger partial charge in [0.15, 0.2) is 0 Å². The van der Waals surface area contributed by atoms with Crippen LogP contribution >= 0.6 is 0 Å². The normalized spacial score (nSPS) is 18.9. The number of hydrogen-bond donors (Lipinski definition) is 1. The Balaban J connectivity index is 2.11. The Labute approximate surface area is 117 Å². The predicted octanol–water partition coefficient (Wildman–Crippen LogP) is 2.16. The summed E-state index contributed by atoms with van der Waals surface area (Å²) in [6.07, 6.45) is 2.29. The molecule has 1 aromatic carbocycles. The zero-order chi connectivity index (χ0) is 14.0. The van der Waals surface area contributed by atoms with Crippen molar-refractivity contribution in [3.05, 3.63) is 29.3 Å². The van der Waals surface area contributed by atoms with E-state index in [0.717, 1.165) is 32.5 Å². The maximum atomic E-state index is 6.01. The van der Waals surface area contributed by atoms with E-state index in [1.807, 2.05) is 0 Å². The molecule has 0 unspecified atom stereocenters. The summed E-state index contributed by atoms with van der Waals surface area (Å²) in [5.74, 6) is 0. The van der Waals surface area contributed by atoms with Crippen molar-refractivity contribution in [3.8, 4) is 0 Å². The van der Waals surface area contributed by atoms with Crippen LogP contribution in [0.5, 0.6) is 0 Å². The van der Waals surface area contributed by atoms with Crippen LogP contribution < -0.4 is 10.6 Å². The van der Waals surface area contributed by atoms with Crippen LogP contribution in [0.2, 0.25) is 0 Å². The van der Waals surface area contributed by atoms with E-state index in [1.165, 1.54) is 16.8 Å². The smallest absolute Gasteiger partial charge is 0.0396 e. The van der Waals surface area contributed by atoms with Gasteiger partial charge in [-0.15, -0.1) is 0 Å². The van der Waals surface area contributed by atoms with Crippen molar-refractivity contribution in [2.24, 2.45) is 5.73 Å². The summed E-state index contributed by atoms with van der Waals surface area (Å²) in [5.41, 5.74) is 10.3. The Bertz CT molecular complexity index is 432. The van der Waals surface area contributed by atoms with Gasteiger partial charge in [0.05, 0.1) is 0 Å². The molecule has 0 bridgehead atoms. The lowest BCUT2D eigenvalue weighted by Crippen LogP contribution is -2.57. The third kappa shape index (κ3) is 2.77. The maximum Gasteiger partial charge on any atom is 0.0396 e. The molecule has 19 heavy (non-hydrogen) atoms. The molecular formula is C16H27N3. The summed E-state index contributed by atoms with van der Waals surface area (Å²) in [5, 5.41) is 0. The van der Waals surface area contributed by atoms with E-state index in [0.29, 0.717) is 0 Å². The Morgan fingerprint density at radius 3 is 2.32 bits per heavy atom. The first kappa shape index (κ1) is 14.4. The van der Waals surface area contributed by atoms with Crippen LogP contribution in [0.25, 0.3) is 0 Å². The number of anilines is 1. The van der Waals surface area contributed by atoms with E-state index >= 15 is 0 Å². The standard InChI is InChI=1S/C16H27N3/c1-13-5-6-15(14(2)11-13)19-9-7-16(12-17,8-10-19)18(3)4/h5-6,11H,7-10,12,17H2,1-4H3. The van der Waals surface area contributed by atoms with Crippen LogP contribution in [0.15, 0.2) is 18.2 Å². The number of nitrogens with zero attached hydrogens (tertiary/aromatic N) is 2. The Kier molecular flexibility index (Phi) is 4.16. The molecule has 1 heterocycles. The number of piperidine rings is 1. The Hall–Kier alpha value is -1.06. The first-order valence-corrected chi connectivity index (χ1v) is 7.18. The van der Waals surface area contributed by atoms with Crippen molar-refractivity contribution >= 4 is 5.69 Å². The van der Waals surface area contributed by atoms with Crippen LogP contribution in [0.1, 0.15) is 24.0 Å². The second kappa shape index (κ2) is 5.51. The quantitative estimate of drug-likeness (QED) is 0.905. The molecule has 2 N–H and O–H groups in total. The summed E-state index contributed by atoms with van der Waals surface area (Å²) in [4.78, 5) is 4.82. The lowest BCUT2D eigenvalue weighted by atomic mass is 9.86. The molecular weight excluding hydrogens is 234 g/mol. The molecule has 1 saturated heterocycles. The molecule has 2 rings (SSSR count). The van der Waals surface area contributed by atoms with E-state index in [4.69, 9.17) is 5.73 Å². The van der Waals surface area contributed by atoms with Crippen molar-refractivity contribution < 1.29 is 0 Å². The van der Waals surface area contributed by atoms with Gasteiger partial charge in [-0.1, -0.05) is 17.7 Å². The van der Waals surface area contributed by atoms with E-state index < -0.39 is 0 Å². The number of likely N-dealkylation sites (N-methyl/N-ethyl adjacent to an activating group) is 1. The molecule has 0 aliphatic carbocycles. The highest BCUT2D eigenvalue weighted by atomic mass is 15.2. The average molecular weight is 261 g/mol. The first-order valence-electron chi connectivity index (χ1n) is 7.18. The van der Waals surface area contributed by atoms with E-state index in [-0.39, 0.29) is 5.54 Å². The second-order valence-electron chi connectivity index (χ2n) is 6.10. The van der Waals surface area contributed by atoms with Crippen molar-refractivity contribution in [1.82, 2.24) is 4.90 Å². The molecule has 1 aromatic rings. The summed E-state index contributed by atoms with van der Waals surface area (Å²) in [7, 11) is 4.30. The van der Waals surface area contributed by atoms with Crippen molar-refractivity contribution in [2.45, 2.75) is 32.2 Å². The van der Waals surface area contributed by atoms with Gasteiger partial charge in [-0.3, -0.25) is 0 Å². The zero-order valence-electron chi connectivity index (χ0n) is 12.7. The van der Waals surface area contributed by atoms with Crippen LogP contribution in [0.3, 0.4) is 0 Å². The highest BCUT2D eigenvalue weighted by molar-refractivity contribution is 5.54. The van der Waals surface area contributed by atoms with Gasteiger partial charge in [-0.2, -0.15) is 0 Å². The van der Waals surface area contributed by atoms with E-state index in [1.54, 1.807) is 0 Å². The van der Waals surface area contributed by atoms with Gasteiger partial charge in [0.2, 0.25) is 0 Å². The molecule has 0 amide bonds. The predicted molar refractivity (Wildman–Crippen MR) is 82.8 cm³/mol. The third-order valence-electron chi connectivity index (χ3n) is 4.72. The zero-order valence-corrected chi connectivity index (χ0v) is 12.7. The second-order valence-corrected chi connectivity index (χ2v) is 6.10. The first-order chi connectivity index (χ1) is 8.98. The topological polar surface area (TPSA) is 32.5 Å². The van der Waals surface area contributed by atoms with Gasteiger partial charge in [0.25, 0.3) is 0 Å². The van der Waals surface area contributed by atoms with Gasteiger partial charge in [-0.25, -0.2) is 0 Å². The molecule has 0 aromatic heterocycles. The highest BCUT2D eigenvalue weighted by Crippen LogP contribution is 2.30. The molecule has 106 valence electrons. The van der Waals surface area contributed by atoms with E-state index in [2.05, 4.69) is 55.9 Å². The number of aryl methyl sites for hydroxylation is 2. The van der Waals surface area contributed by atoms with E-state index in [9.17, 15) is 0 Å². The summed E-state index contributed by atoms with van der Waals surface area (Å²) < 4.78 is 0. The average Bonchev–Trinajstić information content (AvgIpc) is 2.39. The van der Waals surface area contributed by atoms with Gasteiger partial charge in [-0.05, 0) is 52.4 Å². The van der Waals surface area contributed by atoms with Crippen molar-refractivity contribution in [2.75, 3.05) is 38.6 Å². The number of hydrogen-bond acceptors (Lipinski definition) is 3. The van der Waals surface area contributed by atoms with Crippen LogP contribution in [0.4, 0.5) is 5.69 Å². The molecule has 3 nitrogen and oxygen atoms in total. The van der Waals surface area contributed by atoms with Crippen LogP contribution in [-0.2, 0) is 0 Å². The number of nitrogens with two attached hydrogens (primary N) is 1. The van der Waals surface area contributed by atoms with Gasteiger partial charge in [0.1, 0.15) is 0 Å². The SMILES string of the molecule is Cc1ccc(N2CCC(CN)(N(C)C)CC2)c(C)c1. The maximum absolute atomic E-state index is 6.01. The minimum Gasteiger partial charge on any atom is -0.371 e. The van der Waals surface area contributed by atoms with Crippen LogP contribution in [0, 0.1) is 13.8 Å². The fourth-order valence-electron chi connectivity index (χ4n) is 3.16. The molecule has 1 aliphatic heterocycles. The lowest BCUT2D eigenvalue weighted by molar-refractivity contribution is 0.125. The molecule has 0 radical (unpaired) electrons.